The maximum atomic E-state index is 4.19. The first-order chi connectivity index (χ1) is 7.83. The van der Waals surface area contributed by atoms with Gasteiger partial charge in [-0.15, -0.1) is 0 Å². The van der Waals surface area contributed by atoms with E-state index >= 15 is 0 Å². The lowest BCUT2D eigenvalue weighted by Gasteiger charge is -2.22. The van der Waals surface area contributed by atoms with E-state index < -0.39 is 0 Å². The van der Waals surface area contributed by atoms with Crippen molar-refractivity contribution in [1.82, 2.24) is 0 Å². The molecule has 0 bridgehead atoms. The second-order valence-corrected chi connectivity index (χ2v) is 4.22. The lowest BCUT2D eigenvalue weighted by atomic mass is 9.93. The normalized spacial score (nSPS) is 14.1. The van der Waals surface area contributed by atoms with Crippen LogP contribution in [0.3, 0.4) is 0 Å². The van der Waals surface area contributed by atoms with Crippen LogP contribution in [0.15, 0.2) is 43.0 Å². The van der Waals surface area contributed by atoms with Gasteiger partial charge in [0.25, 0.3) is 0 Å². The first kappa shape index (κ1) is 7.99. The van der Waals surface area contributed by atoms with E-state index in [9.17, 15) is 0 Å². The van der Waals surface area contributed by atoms with Crippen LogP contribution in [0.2, 0.25) is 0 Å². The Labute approximate surface area is 93.6 Å². The number of hydrogen-bond acceptors (Lipinski definition) is 2. The van der Waals surface area contributed by atoms with Crippen molar-refractivity contribution < 1.29 is 0 Å². The van der Waals surface area contributed by atoms with Crippen LogP contribution in [0.25, 0.3) is 5.57 Å². The number of fused-ring (bicyclic) bond motifs is 3. The zero-order valence-corrected chi connectivity index (χ0v) is 8.67. The number of hydrogen-bond donors (Lipinski definition) is 2. The Balaban J connectivity index is 1.98. The van der Waals surface area contributed by atoms with Gasteiger partial charge in [0.05, 0.1) is 11.4 Å². The first-order valence-corrected chi connectivity index (χ1v) is 5.34. The predicted molar refractivity (Wildman–Crippen MR) is 67.6 cm³/mol. The average molecular weight is 206 g/mol. The van der Waals surface area contributed by atoms with Gasteiger partial charge in [-0.1, -0.05) is 24.8 Å². The van der Waals surface area contributed by atoms with Crippen LogP contribution in [0.5, 0.6) is 0 Å². The van der Waals surface area contributed by atoms with E-state index in [2.05, 4.69) is 41.5 Å². The third-order valence-electron chi connectivity index (χ3n) is 3.21. The van der Waals surface area contributed by atoms with Gasteiger partial charge in [-0.2, -0.15) is 0 Å². The van der Waals surface area contributed by atoms with Crippen molar-refractivity contribution in [3.05, 3.63) is 54.1 Å². The van der Waals surface area contributed by atoms with E-state index in [1.165, 1.54) is 22.5 Å². The minimum absolute atomic E-state index is 1.10. The molecule has 2 aliphatic heterocycles. The highest BCUT2D eigenvalue weighted by Gasteiger charge is 2.24. The number of nitrogens with one attached hydrogen (secondary N) is 2. The summed E-state index contributed by atoms with van der Waals surface area (Å²) in [5, 5.41) is 6.68. The molecule has 0 unspecified atom stereocenters. The van der Waals surface area contributed by atoms with Crippen LogP contribution in [0.1, 0.15) is 11.1 Å². The lowest BCUT2D eigenvalue weighted by Crippen LogP contribution is -2.04. The van der Waals surface area contributed by atoms with Crippen LogP contribution < -0.4 is 10.6 Å². The van der Waals surface area contributed by atoms with Gasteiger partial charge in [-0.25, -0.2) is 0 Å². The SMILES string of the molecule is C=C1c2ccccc2Nc2cc3c(cc21)N3. The molecule has 2 aliphatic rings. The van der Waals surface area contributed by atoms with Crippen molar-refractivity contribution in [3.8, 4) is 0 Å². The Hall–Kier alpha value is -2.22. The Kier molecular flexibility index (Phi) is 1.24. The van der Waals surface area contributed by atoms with E-state index in [1.807, 2.05) is 12.1 Å². The Morgan fingerprint density at radius 3 is 2.44 bits per heavy atom. The van der Waals surface area contributed by atoms with Crippen molar-refractivity contribution >= 4 is 28.3 Å². The minimum atomic E-state index is 1.10. The summed E-state index contributed by atoms with van der Waals surface area (Å²) in [6.45, 7) is 4.19. The summed E-state index contributed by atoms with van der Waals surface area (Å²) in [6.07, 6.45) is 0. The standard InChI is InChI=1S/C14H10N2/c1-8-9-4-2-3-5-11(9)15-12-7-14-13(16-14)6-10(8)12/h2-7,15-16H,1H2. The summed E-state index contributed by atoms with van der Waals surface area (Å²) >= 11 is 0. The fraction of sp³-hybridized carbons (Fsp3) is 0. The average Bonchev–Trinajstić information content (AvgIpc) is 3.05. The number of benzene rings is 2. The Bertz CT molecular complexity index is 641. The zero-order chi connectivity index (χ0) is 10.7. The molecule has 0 fully saturated rings. The molecule has 2 heterocycles. The van der Waals surface area contributed by atoms with E-state index in [1.54, 1.807) is 0 Å². The van der Waals surface area contributed by atoms with Crippen LogP contribution in [-0.4, -0.2) is 0 Å². The van der Waals surface area contributed by atoms with Crippen molar-refractivity contribution in [2.24, 2.45) is 0 Å². The molecule has 0 radical (unpaired) electrons. The summed E-state index contributed by atoms with van der Waals surface area (Å²) in [5.74, 6) is 0. The summed E-state index contributed by atoms with van der Waals surface area (Å²) in [4.78, 5) is 0. The molecule has 0 aromatic heterocycles. The Morgan fingerprint density at radius 2 is 1.50 bits per heavy atom. The van der Waals surface area contributed by atoms with Crippen LogP contribution in [0, 0.1) is 0 Å². The minimum Gasteiger partial charge on any atom is -0.354 e. The number of rotatable bonds is 0. The molecule has 0 saturated carbocycles. The predicted octanol–water partition coefficient (Wildman–Crippen LogP) is 3.86. The maximum Gasteiger partial charge on any atom is 0.0645 e. The van der Waals surface area contributed by atoms with Gasteiger partial charge in [0.2, 0.25) is 0 Å². The fourth-order valence-corrected chi connectivity index (χ4v) is 2.28. The molecule has 0 atom stereocenters. The summed E-state index contributed by atoms with van der Waals surface area (Å²) < 4.78 is 0. The molecule has 16 heavy (non-hydrogen) atoms. The molecule has 2 N–H and O–H groups in total. The molecule has 2 aromatic carbocycles. The topological polar surface area (TPSA) is 34.0 Å². The highest BCUT2D eigenvalue weighted by atomic mass is 15.0. The van der Waals surface area contributed by atoms with Crippen molar-refractivity contribution in [3.63, 3.8) is 0 Å². The molecule has 4 rings (SSSR count). The summed E-state index contributed by atoms with van der Waals surface area (Å²) in [7, 11) is 0. The molecular weight excluding hydrogens is 196 g/mol. The van der Waals surface area contributed by atoms with E-state index in [0.29, 0.717) is 0 Å². The highest BCUT2D eigenvalue weighted by molar-refractivity contribution is 6.03. The Morgan fingerprint density at radius 1 is 0.750 bits per heavy atom. The van der Waals surface area contributed by atoms with Crippen LogP contribution in [-0.2, 0) is 0 Å². The fourth-order valence-electron chi connectivity index (χ4n) is 2.28. The van der Waals surface area contributed by atoms with Gasteiger partial charge in [-0.05, 0) is 23.8 Å². The second-order valence-electron chi connectivity index (χ2n) is 4.22. The van der Waals surface area contributed by atoms with Gasteiger partial charge in [0.15, 0.2) is 0 Å². The monoisotopic (exact) mass is 206 g/mol. The van der Waals surface area contributed by atoms with E-state index in [-0.39, 0.29) is 0 Å². The summed E-state index contributed by atoms with van der Waals surface area (Å²) in [6, 6.07) is 12.6. The summed E-state index contributed by atoms with van der Waals surface area (Å²) in [5.41, 5.74) is 8.21. The maximum absolute atomic E-state index is 4.19. The largest absolute Gasteiger partial charge is 0.354 e. The van der Waals surface area contributed by atoms with Crippen LogP contribution >= 0.6 is 0 Å². The van der Waals surface area contributed by atoms with Crippen molar-refractivity contribution in [2.75, 3.05) is 10.6 Å². The van der Waals surface area contributed by atoms with Gasteiger partial charge in [0.1, 0.15) is 0 Å². The second kappa shape index (κ2) is 2.47. The molecule has 76 valence electrons. The smallest absolute Gasteiger partial charge is 0.0645 e. The van der Waals surface area contributed by atoms with Gasteiger partial charge < -0.3 is 10.6 Å². The van der Waals surface area contributed by atoms with Crippen molar-refractivity contribution in [1.29, 1.82) is 0 Å². The van der Waals surface area contributed by atoms with Gasteiger partial charge in [-0.3, -0.25) is 0 Å². The quantitative estimate of drug-likeness (QED) is 0.428. The van der Waals surface area contributed by atoms with E-state index in [0.717, 1.165) is 16.9 Å². The van der Waals surface area contributed by atoms with Gasteiger partial charge in [0, 0.05) is 22.5 Å². The zero-order valence-electron chi connectivity index (χ0n) is 8.67. The molecule has 0 saturated heterocycles. The van der Waals surface area contributed by atoms with E-state index in [4.69, 9.17) is 0 Å². The highest BCUT2D eigenvalue weighted by Crippen LogP contribution is 2.48. The molecule has 0 spiro atoms. The lowest BCUT2D eigenvalue weighted by molar-refractivity contribution is 1.46. The molecule has 0 amide bonds. The third-order valence-corrected chi connectivity index (χ3v) is 3.21. The number of para-hydroxylation sites is 1. The third kappa shape index (κ3) is 0.910. The molecular formula is C14H10N2. The van der Waals surface area contributed by atoms with Crippen molar-refractivity contribution in [2.45, 2.75) is 0 Å². The van der Waals surface area contributed by atoms with Crippen LogP contribution in [0.4, 0.5) is 22.7 Å². The molecule has 2 heteroatoms. The first-order valence-electron chi connectivity index (χ1n) is 5.34. The molecule has 0 aliphatic carbocycles. The van der Waals surface area contributed by atoms with Gasteiger partial charge >= 0.3 is 0 Å². The molecule has 2 nitrogen and oxygen atoms in total. The number of anilines is 4. The molecule has 2 aromatic rings.